The molecule has 3 aromatic heterocycles. The average Bonchev–Trinajstić information content (AvgIpc) is 3.23. The highest BCUT2D eigenvalue weighted by molar-refractivity contribution is 8.01. The first-order chi connectivity index (χ1) is 13.9. The number of benzene rings is 1. The van der Waals surface area contributed by atoms with Gasteiger partial charge in [0.1, 0.15) is 0 Å². The fraction of sp³-hybridized carbons (Fsp3) is 0.250. The molecule has 0 unspecified atom stereocenters. The molecule has 4 aromatic rings. The molecule has 0 aliphatic carbocycles. The number of hydrogen-bond donors (Lipinski definition) is 1. The highest BCUT2D eigenvalue weighted by atomic mass is 32.2. The third-order valence-electron chi connectivity index (χ3n) is 4.26. The van der Waals surface area contributed by atoms with E-state index in [1.807, 2.05) is 51.3 Å². The second-order valence-corrected chi connectivity index (χ2v) is 9.02. The maximum absolute atomic E-state index is 12.5. The summed E-state index contributed by atoms with van der Waals surface area (Å²) in [6.07, 6.45) is 0.0934. The Labute approximate surface area is 176 Å². The SMILES string of the molecule is Cc1csc(Sc2ccc(NC(=O)Cc3nc4nc(C)cc(C)n4n3)c(C)c2)n1. The summed E-state index contributed by atoms with van der Waals surface area (Å²) in [7, 11) is 0. The molecule has 0 aliphatic rings. The summed E-state index contributed by atoms with van der Waals surface area (Å²) in [4.78, 5) is 26.8. The number of anilines is 1. The van der Waals surface area contributed by atoms with Crippen LogP contribution in [0.3, 0.4) is 0 Å². The Morgan fingerprint density at radius 1 is 1.10 bits per heavy atom. The van der Waals surface area contributed by atoms with Crippen LogP contribution in [-0.4, -0.2) is 30.5 Å². The Hall–Kier alpha value is -2.78. The molecule has 0 spiro atoms. The van der Waals surface area contributed by atoms with Gasteiger partial charge in [-0.25, -0.2) is 14.5 Å². The van der Waals surface area contributed by atoms with Gasteiger partial charge in [0, 0.05) is 33.0 Å². The van der Waals surface area contributed by atoms with Gasteiger partial charge in [-0.3, -0.25) is 4.79 Å². The van der Waals surface area contributed by atoms with Crippen molar-refractivity contribution in [3.63, 3.8) is 0 Å². The van der Waals surface area contributed by atoms with E-state index >= 15 is 0 Å². The molecule has 0 saturated carbocycles. The highest BCUT2D eigenvalue weighted by Crippen LogP contribution is 2.32. The van der Waals surface area contributed by atoms with Crippen molar-refractivity contribution < 1.29 is 4.79 Å². The van der Waals surface area contributed by atoms with E-state index in [2.05, 4.69) is 31.4 Å². The van der Waals surface area contributed by atoms with E-state index in [9.17, 15) is 4.79 Å². The van der Waals surface area contributed by atoms with Crippen molar-refractivity contribution >= 4 is 40.5 Å². The number of carbonyl (C=O) groups excluding carboxylic acids is 1. The van der Waals surface area contributed by atoms with Gasteiger partial charge in [-0.05, 0) is 57.5 Å². The van der Waals surface area contributed by atoms with E-state index in [0.29, 0.717) is 11.6 Å². The first-order valence-corrected chi connectivity index (χ1v) is 10.8. The van der Waals surface area contributed by atoms with E-state index in [0.717, 1.165) is 37.6 Å². The van der Waals surface area contributed by atoms with Crippen LogP contribution in [0.15, 0.2) is 38.9 Å². The van der Waals surface area contributed by atoms with Crippen molar-refractivity contribution in [3.05, 3.63) is 58.1 Å². The topological polar surface area (TPSA) is 85.1 Å². The Morgan fingerprint density at radius 2 is 1.93 bits per heavy atom. The zero-order valence-electron chi connectivity index (χ0n) is 16.6. The summed E-state index contributed by atoms with van der Waals surface area (Å²) >= 11 is 3.25. The first kappa shape index (κ1) is 19.5. The third-order valence-corrected chi connectivity index (χ3v) is 6.30. The number of aromatic nitrogens is 5. The van der Waals surface area contributed by atoms with E-state index in [-0.39, 0.29) is 12.3 Å². The van der Waals surface area contributed by atoms with Crippen LogP contribution in [0.2, 0.25) is 0 Å². The van der Waals surface area contributed by atoms with Crippen LogP contribution in [0.4, 0.5) is 5.69 Å². The largest absolute Gasteiger partial charge is 0.325 e. The number of nitrogens with zero attached hydrogens (tertiary/aromatic N) is 5. The smallest absolute Gasteiger partial charge is 0.252 e. The molecular weight excluding hydrogens is 404 g/mol. The van der Waals surface area contributed by atoms with Crippen molar-refractivity contribution in [2.24, 2.45) is 0 Å². The van der Waals surface area contributed by atoms with Crippen molar-refractivity contribution in [3.8, 4) is 0 Å². The number of rotatable bonds is 5. The summed E-state index contributed by atoms with van der Waals surface area (Å²) in [5, 5.41) is 9.38. The molecular formula is C20H20N6OS2. The van der Waals surface area contributed by atoms with Gasteiger partial charge in [-0.1, -0.05) is 11.8 Å². The van der Waals surface area contributed by atoms with Gasteiger partial charge < -0.3 is 5.32 Å². The number of nitrogens with one attached hydrogen (secondary N) is 1. The van der Waals surface area contributed by atoms with Crippen molar-refractivity contribution in [1.29, 1.82) is 0 Å². The molecule has 1 aromatic carbocycles. The van der Waals surface area contributed by atoms with Gasteiger partial charge >= 0.3 is 0 Å². The van der Waals surface area contributed by atoms with E-state index in [1.165, 1.54) is 0 Å². The predicted molar refractivity (Wildman–Crippen MR) is 115 cm³/mol. The number of aryl methyl sites for hydroxylation is 4. The molecule has 3 heterocycles. The van der Waals surface area contributed by atoms with Crippen LogP contribution in [0.5, 0.6) is 0 Å². The summed E-state index contributed by atoms with van der Waals surface area (Å²) in [6.45, 7) is 7.82. The molecule has 0 radical (unpaired) electrons. The minimum absolute atomic E-state index is 0.0934. The average molecular weight is 425 g/mol. The maximum atomic E-state index is 12.5. The van der Waals surface area contributed by atoms with Crippen LogP contribution in [-0.2, 0) is 11.2 Å². The Balaban J connectivity index is 1.45. The van der Waals surface area contributed by atoms with Crippen molar-refractivity contribution in [2.75, 3.05) is 5.32 Å². The molecule has 9 heteroatoms. The van der Waals surface area contributed by atoms with Gasteiger partial charge in [0.25, 0.3) is 5.78 Å². The minimum atomic E-state index is -0.158. The quantitative estimate of drug-likeness (QED) is 0.518. The van der Waals surface area contributed by atoms with Gasteiger partial charge in [-0.2, -0.15) is 4.98 Å². The maximum Gasteiger partial charge on any atom is 0.252 e. The zero-order chi connectivity index (χ0) is 20.5. The van der Waals surface area contributed by atoms with Crippen LogP contribution in [0.1, 0.15) is 28.5 Å². The van der Waals surface area contributed by atoms with Crippen LogP contribution in [0, 0.1) is 27.7 Å². The van der Waals surface area contributed by atoms with Crippen molar-refractivity contribution in [1.82, 2.24) is 24.6 Å². The van der Waals surface area contributed by atoms with Gasteiger partial charge in [-0.15, -0.1) is 16.4 Å². The number of carbonyl (C=O) groups is 1. The van der Waals surface area contributed by atoms with Gasteiger partial charge in [0.15, 0.2) is 10.2 Å². The number of hydrogen-bond acceptors (Lipinski definition) is 7. The first-order valence-electron chi connectivity index (χ1n) is 9.08. The molecule has 148 valence electrons. The summed E-state index contributed by atoms with van der Waals surface area (Å²) in [5.41, 5.74) is 4.61. The lowest BCUT2D eigenvalue weighted by Crippen LogP contribution is -2.16. The number of fused-ring (bicyclic) bond motifs is 1. The lowest BCUT2D eigenvalue weighted by Gasteiger charge is -2.09. The molecule has 1 N–H and O–H groups in total. The van der Waals surface area contributed by atoms with E-state index < -0.39 is 0 Å². The standard InChI is InChI=1S/C20H20N6OS2/c1-11-7-15(29-20-22-13(3)10-28-20)5-6-16(11)23-18(27)9-17-24-19-21-12(2)8-14(4)26(19)25-17/h5-8,10H,9H2,1-4H3,(H,23,27). The predicted octanol–water partition coefficient (Wildman–Crippen LogP) is 4.15. The zero-order valence-corrected chi connectivity index (χ0v) is 18.2. The van der Waals surface area contributed by atoms with E-state index in [1.54, 1.807) is 27.6 Å². The number of thiazole rings is 1. The second-order valence-electron chi connectivity index (χ2n) is 6.84. The fourth-order valence-corrected chi connectivity index (χ4v) is 4.85. The third kappa shape index (κ3) is 4.46. The molecule has 7 nitrogen and oxygen atoms in total. The molecule has 0 fully saturated rings. The van der Waals surface area contributed by atoms with Gasteiger partial charge in [0.2, 0.25) is 5.91 Å². The Morgan fingerprint density at radius 3 is 2.66 bits per heavy atom. The molecule has 0 saturated heterocycles. The van der Waals surface area contributed by atoms with Crippen molar-refractivity contribution in [2.45, 2.75) is 43.4 Å². The van der Waals surface area contributed by atoms with Crippen LogP contribution < -0.4 is 5.32 Å². The second kappa shape index (κ2) is 7.92. The molecule has 29 heavy (non-hydrogen) atoms. The Kier molecular flexibility index (Phi) is 5.33. The summed E-state index contributed by atoms with van der Waals surface area (Å²) in [6, 6.07) is 7.89. The summed E-state index contributed by atoms with van der Waals surface area (Å²) < 4.78 is 2.67. The lowest BCUT2D eigenvalue weighted by atomic mass is 10.2. The highest BCUT2D eigenvalue weighted by Gasteiger charge is 2.13. The lowest BCUT2D eigenvalue weighted by molar-refractivity contribution is -0.115. The van der Waals surface area contributed by atoms with Crippen LogP contribution in [0.25, 0.3) is 5.78 Å². The number of amides is 1. The van der Waals surface area contributed by atoms with E-state index in [4.69, 9.17) is 0 Å². The molecule has 0 bridgehead atoms. The molecule has 4 rings (SSSR count). The summed E-state index contributed by atoms with van der Waals surface area (Å²) in [5.74, 6) is 0.808. The monoisotopic (exact) mass is 424 g/mol. The van der Waals surface area contributed by atoms with Crippen LogP contribution >= 0.6 is 23.1 Å². The molecule has 0 atom stereocenters. The fourth-order valence-electron chi connectivity index (χ4n) is 2.94. The molecule has 0 aliphatic heterocycles. The minimum Gasteiger partial charge on any atom is -0.325 e. The Bertz CT molecular complexity index is 1210. The normalized spacial score (nSPS) is 11.2. The molecule has 1 amide bonds. The van der Waals surface area contributed by atoms with Gasteiger partial charge in [0.05, 0.1) is 6.42 Å².